The Balaban J connectivity index is 1.77. The number of aryl methyl sites for hydroxylation is 1. The molecule has 0 aliphatic carbocycles. The Hall–Kier alpha value is -1.66. The number of carbonyl (C=O) groups is 1. The fourth-order valence-electron chi connectivity index (χ4n) is 2.34. The van der Waals surface area contributed by atoms with Crippen molar-refractivity contribution in [1.29, 1.82) is 0 Å². The second-order valence-corrected chi connectivity index (χ2v) is 5.85. The Kier molecular flexibility index (Phi) is 3.58. The maximum Gasteiger partial charge on any atom is 0.273 e. The topological polar surface area (TPSA) is 66.6 Å². The Bertz CT molecular complexity index is 619. The Labute approximate surface area is 120 Å². The summed E-state index contributed by atoms with van der Waals surface area (Å²) in [6.07, 6.45) is 1.18. The largest absolute Gasteiger partial charge is 0.459 e. The predicted octanol–water partition coefficient (Wildman–Crippen LogP) is 2.31. The first-order valence-electron chi connectivity index (χ1n) is 6.63. The van der Waals surface area contributed by atoms with Crippen LogP contribution in [0, 0.1) is 6.92 Å². The van der Waals surface area contributed by atoms with Crippen molar-refractivity contribution in [2.75, 3.05) is 13.1 Å². The minimum atomic E-state index is -0.418. The van der Waals surface area contributed by atoms with Crippen molar-refractivity contribution in [2.45, 2.75) is 25.9 Å². The van der Waals surface area contributed by atoms with Gasteiger partial charge in [0, 0.05) is 18.5 Å². The lowest BCUT2D eigenvalue weighted by molar-refractivity contribution is 0.0469. The number of β-amino-alcohol motifs (C(OH)–C–C–N with tert-alkyl or cyclic N) is 1. The quantitative estimate of drug-likeness (QED) is 0.922. The van der Waals surface area contributed by atoms with Gasteiger partial charge in [-0.15, -0.1) is 11.3 Å². The van der Waals surface area contributed by atoms with Crippen LogP contribution in [-0.2, 0) is 0 Å². The molecule has 1 saturated heterocycles. The number of thiazole rings is 1. The van der Waals surface area contributed by atoms with Crippen molar-refractivity contribution in [3.05, 3.63) is 29.0 Å². The molecule has 0 spiro atoms. The number of piperidine rings is 1. The third-order valence-electron chi connectivity index (χ3n) is 3.36. The van der Waals surface area contributed by atoms with Crippen LogP contribution in [0.3, 0.4) is 0 Å². The molecule has 2 aromatic rings. The van der Waals surface area contributed by atoms with E-state index >= 15 is 0 Å². The molecular formula is C14H16N2O3S. The number of hydrogen-bond donors (Lipinski definition) is 1. The number of aromatic nitrogens is 1. The SMILES string of the molecule is Cc1ccc(-c2nc(C(=O)N3CCCC(O)C3)cs2)o1. The number of furan rings is 1. The van der Waals surface area contributed by atoms with Crippen LogP contribution in [0.1, 0.15) is 29.1 Å². The summed E-state index contributed by atoms with van der Waals surface area (Å²) in [5.74, 6) is 1.39. The van der Waals surface area contributed by atoms with Gasteiger partial charge in [0.05, 0.1) is 6.10 Å². The molecule has 6 heteroatoms. The van der Waals surface area contributed by atoms with E-state index in [0.29, 0.717) is 29.6 Å². The number of likely N-dealkylation sites (tertiary alicyclic amines) is 1. The lowest BCUT2D eigenvalue weighted by Gasteiger charge is -2.29. The summed E-state index contributed by atoms with van der Waals surface area (Å²) in [5.41, 5.74) is 0.424. The van der Waals surface area contributed by atoms with Gasteiger partial charge in [-0.2, -0.15) is 0 Å². The van der Waals surface area contributed by atoms with Gasteiger partial charge in [0.2, 0.25) is 0 Å². The van der Waals surface area contributed by atoms with E-state index in [4.69, 9.17) is 4.42 Å². The minimum Gasteiger partial charge on any atom is -0.459 e. The van der Waals surface area contributed by atoms with Crippen molar-refractivity contribution in [3.8, 4) is 10.8 Å². The summed E-state index contributed by atoms with van der Waals surface area (Å²) >= 11 is 1.39. The van der Waals surface area contributed by atoms with Gasteiger partial charge in [0.1, 0.15) is 11.5 Å². The van der Waals surface area contributed by atoms with Gasteiger partial charge in [0.15, 0.2) is 10.8 Å². The number of aliphatic hydroxyl groups is 1. The van der Waals surface area contributed by atoms with E-state index in [1.807, 2.05) is 19.1 Å². The van der Waals surface area contributed by atoms with Crippen molar-refractivity contribution >= 4 is 17.2 Å². The summed E-state index contributed by atoms with van der Waals surface area (Å²) in [5, 5.41) is 12.1. The third kappa shape index (κ3) is 2.62. The van der Waals surface area contributed by atoms with Crippen LogP contribution in [0.25, 0.3) is 10.8 Å². The number of rotatable bonds is 2. The fourth-order valence-corrected chi connectivity index (χ4v) is 3.09. The zero-order valence-corrected chi connectivity index (χ0v) is 12.0. The molecule has 1 fully saturated rings. The molecule has 1 aliphatic rings. The van der Waals surface area contributed by atoms with Crippen LogP contribution >= 0.6 is 11.3 Å². The normalized spacial score (nSPS) is 19.3. The molecule has 3 heterocycles. The highest BCUT2D eigenvalue weighted by Gasteiger charge is 2.25. The highest BCUT2D eigenvalue weighted by molar-refractivity contribution is 7.13. The van der Waals surface area contributed by atoms with Gasteiger partial charge in [-0.05, 0) is 31.9 Å². The molecule has 1 amide bonds. The van der Waals surface area contributed by atoms with Crippen molar-refractivity contribution in [1.82, 2.24) is 9.88 Å². The van der Waals surface area contributed by atoms with Gasteiger partial charge < -0.3 is 14.4 Å². The molecule has 5 nitrogen and oxygen atoms in total. The van der Waals surface area contributed by atoms with Gasteiger partial charge in [0.25, 0.3) is 5.91 Å². The maximum absolute atomic E-state index is 12.3. The summed E-state index contributed by atoms with van der Waals surface area (Å²) in [7, 11) is 0. The lowest BCUT2D eigenvalue weighted by Crippen LogP contribution is -2.42. The van der Waals surface area contributed by atoms with Crippen LogP contribution in [0.5, 0.6) is 0 Å². The Morgan fingerprint density at radius 3 is 3.10 bits per heavy atom. The highest BCUT2D eigenvalue weighted by Crippen LogP contribution is 2.26. The van der Waals surface area contributed by atoms with Crippen LogP contribution < -0.4 is 0 Å². The van der Waals surface area contributed by atoms with Crippen LogP contribution in [-0.4, -0.2) is 40.1 Å². The van der Waals surface area contributed by atoms with Crippen molar-refractivity contribution in [2.24, 2.45) is 0 Å². The third-order valence-corrected chi connectivity index (χ3v) is 4.22. The van der Waals surface area contributed by atoms with E-state index in [-0.39, 0.29) is 5.91 Å². The van der Waals surface area contributed by atoms with E-state index in [9.17, 15) is 9.90 Å². The molecule has 106 valence electrons. The molecule has 1 atom stereocenters. The first-order valence-corrected chi connectivity index (χ1v) is 7.51. The van der Waals surface area contributed by atoms with Gasteiger partial charge in [-0.3, -0.25) is 4.79 Å². The van der Waals surface area contributed by atoms with E-state index in [0.717, 1.165) is 18.6 Å². The van der Waals surface area contributed by atoms with Gasteiger partial charge in [-0.1, -0.05) is 0 Å². The number of carbonyl (C=O) groups excluding carboxylic acids is 1. The molecule has 0 radical (unpaired) electrons. The van der Waals surface area contributed by atoms with Crippen LogP contribution in [0.2, 0.25) is 0 Å². The summed E-state index contributed by atoms with van der Waals surface area (Å²) < 4.78 is 5.51. The van der Waals surface area contributed by atoms with Crippen LogP contribution in [0.4, 0.5) is 0 Å². The van der Waals surface area contributed by atoms with Gasteiger partial charge in [-0.25, -0.2) is 4.98 Å². The molecule has 2 aromatic heterocycles. The molecule has 0 bridgehead atoms. The smallest absolute Gasteiger partial charge is 0.273 e. The molecule has 1 unspecified atom stereocenters. The van der Waals surface area contributed by atoms with E-state index < -0.39 is 6.10 Å². The highest BCUT2D eigenvalue weighted by atomic mass is 32.1. The van der Waals surface area contributed by atoms with Crippen molar-refractivity contribution in [3.63, 3.8) is 0 Å². The number of hydrogen-bond acceptors (Lipinski definition) is 5. The average Bonchev–Trinajstić information content (AvgIpc) is 3.06. The second-order valence-electron chi connectivity index (χ2n) is 5.00. The average molecular weight is 292 g/mol. The van der Waals surface area contributed by atoms with Crippen LogP contribution in [0.15, 0.2) is 21.9 Å². The molecule has 0 saturated carbocycles. The van der Waals surface area contributed by atoms with Crippen molar-refractivity contribution < 1.29 is 14.3 Å². The second kappa shape index (κ2) is 5.38. The molecule has 1 N–H and O–H groups in total. The molecular weight excluding hydrogens is 276 g/mol. The number of nitrogens with zero attached hydrogens (tertiary/aromatic N) is 2. The number of amides is 1. The Morgan fingerprint density at radius 2 is 2.40 bits per heavy atom. The summed E-state index contributed by atoms with van der Waals surface area (Å²) in [6, 6.07) is 3.73. The first-order chi connectivity index (χ1) is 9.63. The predicted molar refractivity (Wildman–Crippen MR) is 75.7 cm³/mol. The fraction of sp³-hybridized carbons (Fsp3) is 0.429. The molecule has 0 aromatic carbocycles. The monoisotopic (exact) mass is 292 g/mol. The maximum atomic E-state index is 12.3. The number of aliphatic hydroxyl groups excluding tert-OH is 1. The lowest BCUT2D eigenvalue weighted by atomic mass is 10.1. The van der Waals surface area contributed by atoms with E-state index in [1.54, 1.807) is 10.3 Å². The minimum absolute atomic E-state index is 0.116. The zero-order valence-electron chi connectivity index (χ0n) is 11.2. The zero-order chi connectivity index (χ0) is 14.1. The molecule has 20 heavy (non-hydrogen) atoms. The van der Waals surface area contributed by atoms with Gasteiger partial charge >= 0.3 is 0 Å². The van der Waals surface area contributed by atoms with E-state index in [1.165, 1.54) is 11.3 Å². The molecule has 1 aliphatic heterocycles. The van der Waals surface area contributed by atoms with E-state index in [2.05, 4.69) is 4.98 Å². The molecule has 3 rings (SSSR count). The first kappa shape index (κ1) is 13.3. The summed E-state index contributed by atoms with van der Waals surface area (Å²) in [6.45, 7) is 2.95. The Morgan fingerprint density at radius 1 is 1.55 bits per heavy atom. The standard InChI is InChI=1S/C14H16N2O3S/c1-9-4-5-12(19-9)13-15-11(8-20-13)14(18)16-6-2-3-10(17)7-16/h4-5,8,10,17H,2-3,6-7H2,1H3. The summed E-state index contributed by atoms with van der Waals surface area (Å²) in [4.78, 5) is 18.3.